The van der Waals surface area contributed by atoms with E-state index in [1.807, 2.05) is 0 Å². The maximum absolute atomic E-state index is 10.1. The number of nitrogens with two attached hydrogens (primary N) is 4. The number of aliphatic hydroxyl groups is 10. The fraction of sp³-hybridized carbons (Fsp3) is 0.478. The van der Waals surface area contributed by atoms with Gasteiger partial charge in [-0.2, -0.15) is 9.98 Å². The molecular formula is C46H72Cl2N10O16. The van der Waals surface area contributed by atoms with Crippen molar-refractivity contribution in [2.45, 2.75) is 114 Å². The highest BCUT2D eigenvalue weighted by Crippen LogP contribution is 2.24. The van der Waals surface area contributed by atoms with Gasteiger partial charge in [-0.1, -0.05) is 68.3 Å². The number of aryl methyl sites for hydroxylation is 1. The third kappa shape index (κ3) is 30.2. The number of aliphatic carboxylic acids is 2. The number of nitrogens with zero attached hydrogens (tertiary/aromatic N) is 4. The number of rotatable bonds is 24. The molecule has 3 aromatic rings. The van der Waals surface area contributed by atoms with Gasteiger partial charge in [0.25, 0.3) is 0 Å². The predicted molar refractivity (Wildman–Crippen MR) is 280 cm³/mol. The van der Waals surface area contributed by atoms with E-state index in [0.29, 0.717) is 23.1 Å². The second-order valence-electron chi connectivity index (χ2n) is 15.8. The summed E-state index contributed by atoms with van der Waals surface area (Å²) in [6.07, 6.45) is -6.32. The molecule has 8 unspecified atom stereocenters. The van der Waals surface area contributed by atoms with Crippen molar-refractivity contribution in [2.24, 2.45) is 42.9 Å². The van der Waals surface area contributed by atoms with Gasteiger partial charge in [-0.15, -0.1) is 0 Å². The van der Waals surface area contributed by atoms with Crippen molar-refractivity contribution in [1.82, 2.24) is 0 Å². The van der Waals surface area contributed by atoms with E-state index in [4.69, 9.17) is 113 Å². The van der Waals surface area contributed by atoms with Crippen molar-refractivity contribution in [2.75, 3.05) is 36.9 Å². The zero-order chi connectivity index (χ0) is 56.3. The third-order valence-electron chi connectivity index (χ3n) is 9.70. The molecular weight excluding hydrogens is 1020 g/mol. The molecule has 0 spiro atoms. The van der Waals surface area contributed by atoms with Crippen LogP contribution in [0.3, 0.4) is 0 Å². The number of aromatic hydroxyl groups is 2. The summed E-state index contributed by atoms with van der Waals surface area (Å²) in [6.45, 7) is 1.62. The predicted octanol–water partition coefficient (Wildman–Crippen LogP) is -0.429. The van der Waals surface area contributed by atoms with Gasteiger partial charge in [-0.25, -0.2) is 9.59 Å². The number of phenols is 2. The Balaban J connectivity index is 0.00000110. The Kier molecular flexibility index (Phi) is 35.2. The van der Waals surface area contributed by atoms with Gasteiger partial charge in [0.1, 0.15) is 48.1 Å². The molecule has 0 fully saturated rings. The minimum absolute atomic E-state index is 0.124. The molecule has 0 heterocycles. The Labute approximate surface area is 437 Å². The molecule has 26 nitrogen and oxygen atoms in total. The van der Waals surface area contributed by atoms with E-state index in [9.17, 15) is 14.7 Å². The summed E-state index contributed by atoms with van der Waals surface area (Å²) in [5, 5.41) is 129. The number of halogens is 2. The molecule has 24 N–H and O–H groups in total. The Bertz CT molecular complexity index is 2060. The average Bonchev–Trinajstić information content (AvgIpc) is 3.36. The first-order valence-electron chi connectivity index (χ1n) is 22.8. The number of guanidine groups is 4. The number of nitrogens with one attached hydrogen (secondary N) is 2. The van der Waals surface area contributed by atoms with Crippen LogP contribution in [0.25, 0.3) is 0 Å². The van der Waals surface area contributed by atoms with E-state index >= 15 is 0 Å². The van der Waals surface area contributed by atoms with Crippen molar-refractivity contribution in [1.29, 1.82) is 0 Å². The Morgan fingerprint density at radius 2 is 0.932 bits per heavy atom. The molecule has 0 amide bonds. The minimum Gasteiger partial charge on any atom is -0.508 e. The number of hydrogen-bond donors (Lipinski definition) is 20. The van der Waals surface area contributed by atoms with Crippen LogP contribution in [0.4, 0.5) is 11.4 Å². The second-order valence-corrected chi connectivity index (χ2v) is 16.7. The van der Waals surface area contributed by atoms with Gasteiger partial charge in [0, 0.05) is 40.6 Å². The quantitative estimate of drug-likeness (QED) is 0.0307. The summed E-state index contributed by atoms with van der Waals surface area (Å²) in [4.78, 5) is 36.7. The van der Waals surface area contributed by atoms with Crippen molar-refractivity contribution < 1.29 is 81.1 Å². The summed E-state index contributed by atoms with van der Waals surface area (Å²) in [6, 6.07) is 18.9. The van der Waals surface area contributed by atoms with Gasteiger partial charge in [0.15, 0.2) is 12.2 Å². The van der Waals surface area contributed by atoms with E-state index in [-0.39, 0.29) is 35.3 Å². The van der Waals surface area contributed by atoms with Crippen LogP contribution in [0.15, 0.2) is 86.7 Å². The molecule has 0 saturated carbocycles. The van der Waals surface area contributed by atoms with Crippen molar-refractivity contribution in [3.63, 3.8) is 0 Å². The number of carboxylic acids is 2. The first-order valence-corrected chi connectivity index (χ1v) is 23.6. The number of unbranched alkanes of at least 4 members (excludes halogenated alkanes) is 6. The van der Waals surface area contributed by atoms with Gasteiger partial charge in [0.2, 0.25) is 23.8 Å². The zero-order valence-electron chi connectivity index (χ0n) is 40.6. The summed E-state index contributed by atoms with van der Waals surface area (Å²) in [5.41, 5.74) is 25.7. The van der Waals surface area contributed by atoms with Crippen LogP contribution >= 0.6 is 23.2 Å². The monoisotopic (exact) mass is 1090 g/mol. The average molecular weight is 1090 g/mol. The third-order valence-corrected chi connectivity index (χ3v) is 10.2. The highest BCUT2D eigenvalue weighted by molar-refractivity contribution is 6.31. The first kappa shape index (κ1) is 67.9. The first-order chi connectivity index (χ1) is 34.9. The number of aliphatic imine (C=N–C) groups is 4. The number of anilines is 2. The Hall–Kier alpha value is -6.14. The summed E-state index contributed by atoms with van der Waals surface area (Å²) < 4.78 is 0. The summed E-state index contributed by atoms with van der Waals surface area (Å²) >= 11 is 11.7. The minimum atomic E-state index is -2.20. The molecule has 416 valence electrons. The van der Waals surface area contributed by atoms with E-state index in [1.165, 1.54) is 25.3 Å². The number of aliphatic hydroxyl groups excluding tert-OH is 10. The van der Waals surface area contributed by atoms with Crippen LogP contribution in [-0.2, 0) is 16.0 Å². The van der Waals surface area contributed by atoms with Crippen molar-refractivity contribution >= 4 is 70.4 Å². The molecule has 0 radical (unpaired) electrons. The molecule has 28 heteroatoms. The fourth-order valence-electron chi connectivity index (χ4n) is 5.54. The SMILES string of the molecule is CCCCCCc1ccc(O)cc1O.NC(=NCCCCCCN=C(N)/N=C(\N)Nc1ccc(Cl)cc1)/N=C(\N)Nc1ccc(Cl)cc1.O=C(O)C(O)C(O)C(O)C(O)CO.O=C(O)C(O)C(O)C(O)C(O)CO. The van der Waals surface area contributed by atoms with Gasteiger partial charge in [-0.05, 0) is 85.8 Å². The number of phenolic OH excluding ortho intramolecular Hbond substituents is 2. The van der Waals surface area contributed by atoms with Crippen molar-refractivity contribution in [3.8, 4) is 11.5 Å². The molecule has 3 rings (SSSR count). The Morgan fingerprint density at radius 3 is 1.27 bits per heavy atom. The van der Waals surface area contributed by atoms with Crippen LogP contribution in [0.5, 0.6) is 11.5 Å². The number of benzene rings is 3. The number of hydrogen-bond acceptors (Lipinski definition) is 16. The highest BCUT2D eigenvalue weighted by Gasteiger charge is 2.35. The lowest BCUT2D eigenvalue weighted by molar-refractivity contribution is -0.164. The van der Waals surface area contributed by atoms with Gasteiger partial charge in [-0.3, -0.25) is 9.98 Å². The largest absolute Gasteiger partial charge is 0.508 e. The van der Waals surface area contributed by atoms with Crippen LogP contribution in [0, 0.1) is 0 Å². The van der Waals surface area contributed by atoms with E-state index in [0.717, 1.165) is 55.5 Å². The molecule has 0 aliphatic carbocycles. The molecule has 0 aliphatic rings. The van der Waals surface area contributed by atoms with E-state index in [2.05, 4.69) is 37.5 Å². The van der Waals surface area contributed by atoms with Crippen LogP contribution in [0.1, 0.15) is 63.9 Å². The lowest BCUT2D eigenvalue weighted by Gasteiger charge is -2.23. The standard InChI is InChI=1S/C22H30Cl2N10.C12H18O2.2C6H12O7/c23-15-5-9-17(10-6-15)31-21(27)33-19(25)29-13-3-1-2-4-14-30-20(26)34-22(28)32-18-11-7-16(24)8-12-18;1-2-3-4-5-6-10-7-8-11(13)9-12(10)14;2*7-1-2(8)3(9)4(10)5(11)6(12)13/h5-12H,1-4,13-14H2,(H5,25,27,29,31,33)(H5,26,28,30,32,34);7-9,13-14H,2-6H2,1H3;2*2-5,7-11H,1H2,(H,12,13). The second kappa shape index (κ2) is 38.4. The Morgan fingerprint density at radius 1 is 0.554 bits per heavy atom. The lowest BCUT2D eigenvalue weighted by atomic mass is 10.0. The highest BCUT2D eigenvalue weighted by atomic mass is 35.5. The lowest BCUT2D eigenvalue weighted by Crippen LogP contribution is -2.48. The topological polar surface area (TPSA) is 495 Å². The van der Waals surface area contributed by atoms with Crippen LogP contribution in [-0.4, -0.2) is 182 Å². The maximum Gasteiger partial charge on any atom is 0.335 e. The van der Waals surface area contributed by atoms with Crippen LogP contribution in [0.2, 0.25) is 10.0 Å². The summed E-state index contributed by atoms with van der Waals surface area (Å²) in [5.74, 6) is -2.55. The van der Waals surface area contributed by atoms with Crippen LogP contribution < -0.4 is 33.6 Å². The van der Waals surface area contributed by atoms with Crippen molar-refractivity contribution in [3.05, 3.63) is 82.3 Å². The zero-order valence-corrected chi connectivity index (χ0v) is 42.1. The van der Waals surface area contributed by atoms with E-state index < -0.39 is 74.0 Å². The summed E-state index contributed by atoms with van der Waals surface area (Å²) in [7, 11) is 0. The molecule has 0 bridgehead atoms. The molecule has 0 aliphatic heterocycles. The molecule has 74 heavy (non-hydrogen) atoms. The smallest absolute Gasteiger partial charge is 0.335 e. The maximum atomic E-state index is 10.1. The normalized spacial score (nSPS) is 15.1. The molecule has 0 saturated heterocycles. The van der Waals surface area contributed by atoms with E-state index in [1.54, 1.807) is 60.7 Å². The fourth-order valence-corrected chi connectivity index (χ4v) is 5.79. The van der Waals surface area contributed by atoms with Gasteiger partial charge < -0.3 is 105 Å². The molecule has 0 aromatic heterocycles. The molecule has 8 atom stereocenters. The number of carbonyl (C=O) groups is 2. The number of carboxylic acid groups (broad SMARTS) is 2. The van der Waals surface area contributed by atoms with Gasteiger partial charge in [0.05, 0.1) is 13.2 Å². The molecule has 3 aromatic carbocycles. The van der Waals surface area contributed by atoms with Gasteiger partial charge >= 0.3 is 11.9 Å².